The second kappa shape index (κ2) is 6.90. The number of nitrogens with one attached hydrogen (secondary N) is 1. The zero-order valence-electron chi connectivity index (χ0n) is 14.0. The third-order valence-corrected chi connectivity index (χ3v) is 3.57. The van der Waals surface area contributed by atoms with Crippen LogP contribution in [0.5, 0.6) is 0 Å². The largest absolute Gasteiger partial charge is 0.480 e. The highest BCUT2D eigenvalue weighted by atomic mass is 16.6. The van der Waals surface area contributed by atoms with E-state index in [-0.39, 0.29) is 13.0 Å². The van der Waals surface area contributed by atoms with E-state index in [1.165, 1.54) is 4.90 Å². The van der Waals surface area contributed by atoms with Crippen molar-refractivity contribution in [2.75, 3.05) is 6.54 Å². The first-order valence-electron chi connectivity index (χ1n) is 7.74. The number of rotatable bonds is 3. The number of amides is 2. The van der Waals surface area contributed by atoms with Crippen molar-refractivity contribution in [1.82, 2.24) is 10.2 Å². The molecule has 0 aliphatic carbocycles. The Bertz CT molecular complexity index is 624. The standard InChI is InChI=1S/C17H22N2O5/c1-17(2,3)24-16(23)19-10-12(15(21)22)18-14(20)13(19)9-11-7-5-4-6-8-11/h4-8,12-13H,9-10H2,1-3H3,(H,18,20)(H,21,22). The van der Waals surface area contributed by atoms with E-state index in [4.69, 9.17) is 4.74 Å². The number of carboxylic acid groups (broad SMARTS) is 1. The first-order valence-corrected chi connectivity index (χ1v) is 7.74. The molecule has 1 saturated heterocycles. The average molecular weight is 334 g/mol. The minimum Gasteiger partial charge on any atom is -0.480 e. The molecule has 0 spiro atoms. The normalized spacial score (nSPS) is 21.1. The molecule has 2 N–H and O–H groups in total. The van der Waals surface area contributed by atoms with Gasteiger partial charge in [0.2, 0.25) is 5.91 Å². The molecular weight excluding hydrogens is 312 g/mol. The molecule has 0 radical (unpaired) electrons. The molecule has 0 aromatic heterocycles. The summed E-state index contributed by atoms with van der Waals surface area (Å²) in [5.74, 6) is -1.68. The van der Waals surface area contributed by atoms with Crippen molar-refractivity contribution >= 4 is 18.0 Å². The highest BCUT2D eigenvalue weighted by Crippen LogP contribution is 2.18. The third kappa shape index (κ3) is 4.47. The van der Waals surface area contributed by atoms with Crippen LogP contribution in [0.3, 0.4) is 0 Å². The van der Waals surface area contributed by atoms with Gasteiger partial charge in [-0.15, -0.1) is 0 Å². The second-order valence-corrected chi connectivity index (χ2v) is 6.74. The SMILES string of the molecule is CC(C)(C)OC(=O)N1CC(C(=O)O)NC(=O)C1Cc1ccccc1. The smallest absolute Gasteiger partial charge is 0.411 e. The molecule has 7 nitrogen and oxygen atoms in total. The summed E-state index contributed by atoms with van der Waals surface area (Å²) >= 11 is 0. The number of nitrogens with zero attached hydrogens (tertiary/aromatic N) is 1. The minimum atomic E-state index is -1.19. The maximum Gasteiger partial charge on any atom is 0.411 e. The van der Waals surface area contributed by atoms with Crippen LogP contribution in [0.1, 0.15) is 26.3 Å². The lowest BCUT2D eigenvalue weighted by Crippen LogP contribution is -2.64. The monoisotopic (exact) mass is 334 g/mol. The van der Waals surface area contributed by atoms with Crippen molar-refractivity contribution in [3.05, 3.63) is 35.9 Å². The van der Waals surface area contributed by atoms with Gasteiger partial charge in [-0.1, -0.05) is 30.3 Å². The summed E-state index contributed by atoms with van der Waals surface area (Å²) in [4.78, 5) is 37.3. The van der Waals surface area contributed by atoms with E-state index in [2.05, 4.69) is 5.32 Å². The number of piperazine rings is 1. The predicted octanol–water partition coefficient (Wildman–Crippen LogP) is 1.42. The maximum atomic E-state index is 12.5. The first kappa shape index (κ1) is 17.8. The zero-order chi connectivity index (χ0) is 17.9. The predicted molar refractivity (Wildman–Crippen MR) is 86.4 cm³/mol. The lowest BCUT2D eigenvalue weighted by Gasteiger charge is -2.38. The molecule has 130 valence electrons. The molecule has 7 heteroatoms. The van der Waals surface area contributed by atoms with Gasteiger partial charge in [0.15, 0.2) is 0 Å². The second-order valence-electron chi connectivity index (χ2n) is 6.74. The Labute approximate surface area is 140 Å². The van der Waals surface area contributed by atoms with Gasteiger partial charge in [-0.05, 0) is 26.3 Å². The van der Waals surface area contributed by atoms with E-state index in [1.807, 2.05) is 30.3 Å². The van der Waals surface area contributed by atoms with Crippen molar-refractivity contribution < 1.29 is 24.2 Å². The van der Waals surface area contributed by atoms with E-state index in [0.717, 1.165) is 5.56 Å². The Balaban J connectivity index is 2.25. The topological polar surface area (TPSA) is 95.9 Å². The molecule has 2 unspecified atom stereocenters. The van der Waals surface area contributed by atoms with Gasteiger partial charge < -0.3 is 15.2 Å². The number of hydrogen-bond donors (Lipinski definition) is 2. The van der Waals surface area contributed by atoms with Crippen LogP contribution in [0.15, 0.2) is 30.3 Å². The van der Waals surface area contributed by atoms with Crippen molar-refractivity contribution in [3.8, 4) is 0 Å². The fourth-order valence-corrected chi connectivity index (χ4v) is 2.48. The molecule has 1 aliphatic heterocycles. The van der Waals surface area contributed by atoms with Crippen molar-refractivity contribution in [1.29, 1.82) is 0 Å². The molecule has 1 heterocycles. The number of carboxylic acids is 1. The molecular formula is C17H22N2O5. The van der Waals surface area contributed by atoms with Crippen LogP contribution in [0.4, 0.5) is 4.79 Å². The van der Waals surface area contributed by atoms with Gasteiger partial charge in [0, 0.05) is 6.42 Å². The quantitative estimate of drug-likeness (QED) is 0.871. The van der Waals surface area contributed by atoms with Crippen LogP contribution < -0.4 is 5.32 Å². The van der Waals surface area contributed by atoms with E-state index >= 15 is 0 Å². The third-order valence-electron chi connectivity index (χ3n) is 3.57. The summed E-state index contributed by atoms with van der Waals surface area (Å²) in [6, 6.07) is 7.29. The highest BCUT2D eigenvalue weighted by molar-refractivity contribution is 5.92. The molecule has 1 aromatic carbocycles. The lowest BCUT2D eigenvalue weighted by molar-refractivity contribution is -0.146. The van der Waals surface area contributed by atoms with Gasteiger partial charge in [0.05, 0.1) is 6.54 Å². The van der Waals surface area contributed by atoms with Gasteiger partial charge in [0.1, 0.15) is 17.7 Å². The summed E-state index contributed by atoms with van der Waals surface area (Å²) in [7, 11) is 0. The van der Waals surface area contributed by atoms with Gasteiger partial charge >= 0.3 is 12.1 Å². The fraction of sp³-hybridized carbons (Fsp3) is 0.471. The minimum absolute atomic E-state index is 0.131. The zero-order valence-corrected chi connectivity index (χ0v) is 14.0. The van der Waals surface area contributed by atoms with Crippen LogP contribution >= 0.6 is 0 Å². The van der Waals surface area contributed by atoms with Crippen LogP contribution in [0.25, 0.3) is 0 Å². The van der Waals surface area contributed by atoms with E-state index in [1.54, 1.807) is 20.8 Å². The van der Waals surface area contributed by atoms with Crippen molar-refractivity contribution in [2.45, 2.75) is 44.9 Å². The van der Waals surface area contributed by atoms with E-state index in [0.29, 0.717) is 0 Å². The lowest BCUT2D eigenvalue weighted by atomic mass is 10.0. The number of aliphatic carboxylic acids is 1. The number of carbonyl (C=O) groups is 3. The molecule has 0 bridgehead atoms. The molecule has 2 rings (SSSR count). The molecule has 2 amide bonds. The molecule has 0 saturated carbocycles. The van der Waals surface area contributed by atoms with Crippen LogP contribution in [-0.2, 0) is 20.7 Å². The van der Waals surface area contributed by atoms with Crippen LogP contribution in [0.2, 0.25) is 0 Å². The van der Waals surface area contributed by atoms with Crippen molar-refractivity contribution in [3.63, 3.8) is 0 Å². The fourth-order valence-electron chi connectivity index (χ4n) is 2.48. The number of benzene rings is 1. The van der Waals surface area contributed by atoms with Crippen LogP contribution in [-0.4, -0.2) is 52.2 Å². The average Bonchev–Trinajstić information content (AvgIpc) is 2.48. The summed E-state index contributed by atoms with van der Waals surface area (Å²) in [5, 5.41) is 11.6. The Morgan fingerprint density at radius 3 is 2.46 bits per heavy atom. The van der Waals surface area contributed by atoms with Crippen molar-refractivity contribution in [2.24, 2.45) is 0 Å². The Kier molecular flexibility index (Phi) is 5.11. The number of hydrogen-bond acceptors (Lipinski definition) is 4. The summed E-state index contributed by atoms with van der Waals surface area (Å²) in [6.07, 6.45) is -0.400. The first-order chi connectivity index (χ1) is 11.2. The Morgan fingerprint density at radius 2 is 1.92 bits per heavy atom. The highest BCUT2D eigenvalue weighted by Gasteiger charge is 2.41. The summed E-state index contributed by atoms with van der Waals surface area (Å²) in [5.41, 5.74) is 0.140. The maximum absolute atomic E-state index is 12.5. The van der Waals surface area contributed by atoms with Gasteiger partial charge in [-0.3, -0.25) is 9.69 Å². The van der Waals surface area contributed by atoms with Gasteiger partial charge in [-0.2, -0.15) is 0 Å². The molecule has 2 atom stereocenters. The van der Waals surface area contributed by atoms with Gasteiger partial charge in [0.25, 0.3) is 0 Å². The molecule has 1 fully saturated rings. The summed E-state index contributed by atoms with van der Waals surface area (Å²) < 4.78 is 5.34. The molecule has 1 aliphatic rings. The van der Waals surface area contributed by atoms with E-state index < -0.39 is 35.7 Å². The van der Waals surface area contributed by atoms with Gasteiger partial charge in [-0.25, -0.2) is 9.59 Å². The van der Waals surface area contributed by atoms with E-state index in [9.17, 15) is 19.5 Å². The Hall–Kier alpha value is -2.57. The molecule has 1 aromatic rings. The number of carbonyl (C=O) groups excluding carboxylic acids is 2. The van der Waals surface area contributed by atoms with Crippen LogP contribution in [0, 0.1) is 0 Å². The molecule has 24 heavy (non-hydrogen) atoms. The Morgan fingerprint density at radius 1 is 1.29 bits per heavy atom. The number of ether oxygens (including phenoxy) is 1. The summed E-state index contributed by atoms with van der Waals surface area (Å²) in [6.45, 7) is 5.02.